The molecule has 0 radical (unpaired) electrons. The zero-order valence-corrected chi connectivity index (χ0v) is 15.4. The molecule has 1 heterocycles. The highest BCUT2D eigenvalue weighted by Gasteiger charge is 2.40. The first kappa shape index (κ1) is 15.6. The average Bonchev–Trinajstić information content (AvgIpc) is 2.11. The van der Waals surface area contributed by atoms with Crippen molar-refractivity contribution in [3.8, 4) is 0 Å². The van der Waals surface area contributed by atoms with E-state index >= 15 is 0 Å². The summed E-state index contributed by atoms with van der Waals surface area (Å²) < 4.78 is 18.4. The van der Waals surface area contributed by atoms with Gasteiger partial charge in [0, 0.05) is 6.61 Å². The first-order valence-electron chi connectivity index (χ1n) is 6.72. The Labute approximate surface area is 110 Å². The summed E-state index contributed by atoms with van der Waals surface area (Å²) in [5, 5.41) is 0. The van der Waals surface area contributed by atoms with Gasteiger partial charge in [0.15, 0.2) is 8.32 Å². The van der Waals surface area contributed by atoms with E-state index in [1.54, 1.807) is 0 Å². The van der Waals surface area contributed by atoms with Crippen LogP contribution in [0.5, 0.6) is 0 Å². The number of rotatable bonds is 2. The van der Waals surface area contributed by atoms with Crippen LogP contribution in [-0.2, 0) is 12.7 Å². The van der Waals surface area contributed by atoms with Crippen molar-refractivity contribution in [1.29, 1.82) is 0 Å². The smallest absolute Gasteiger partial charge is 0.312 e. The summed E-state index contributed by atoms with van der Waals surface area (Å²) in [6.45, 7) is 14.3. The monoisotopic (exact) mass is 292 g/mol. The molecule has 0 N–H and O–H groups in total. The molecule has 0 aromatic carbocycles. The van der Waals surface area contributed by atoms with Crippen LogP contribution in [0, 0.1) is 5.92 Å². The second-order valence-electron chi connectivity index (χ2n) is 6.21. The first-order chi connectivity index (χ1) is 7.72. The lowest BCUT2D eigenvalue weighted by Crippen LogP contribution is -2.50. The van der Waals surface area contributed by atoms with Crippen LogP contribution in [0.25, 0.3) is 0 Å². The Bertz CT molecular complexity index is 248. The van der Waals surface area contributed by atoms with E-state index < -0.39 is 26.2 Å². The molecule has 1 saturated heterocycles. The van der Waals surface area contributed by atoms with Crippen LogP contribution in [0.2, 0.25) is 38.3 Å². The molecule has 1 rings (SSSR count). The maximum absolute atomic E-state index is 6.54. The van der Waals surface area contributed by atoms with Crippen LogP contribution >= 0.6 is 0 Å². The lowest BCUT2D eigenvalue weighted by atomic mass is 10.3. The molecular weight excluding hydrogens is 264 g/mol. The van der Waals surface area contributed by atoms with Crippen molar-refractivity contribution < 1.29 is 12.7 Å². The molecule has 0 spiro atoms. The van der Waals surface area contributed by atoms with Gasteiger partial charge in [-0.15, -0.1) is 0 Å². The van der Waals surface area contributed by atoms with Crippen molar-refractivity contribution in [1.82, 2.24) is 0 Å². The molecule has 17 heavy (non-hydrogen) atoms. The second kappa shape index (κ2) is 6.12. The Hall–Kier alpha value is 0.531. The Morgan fingerprint density at radius 2 is 1.88 bits per heavy atom. The van der Waals surface area contributed by atoms with E-state index in [9.17, 15) is 0 Å². The highest BCUT2D eigenvalue weighted by Crippen LogP contribution is 2.29. The van der Waals surface area contributed by atoms with E-state index in [-0.39, 0.29) is 0 Å². The van der Waals surface area contributed by atoms with Crippen molar-refractivity contribution in [3.05, 3.63) is 0 Å². The summed E-state index contributed by atoms with van der Waals surface area (Å²) in [6.07, 6.45) is 1.14. The third-order valence-electron chi connectivity index (χ3n) is 2.98. The summed E-state index contributed by atoms with van der Waals surface area (Å²) in [7, 11) is -5.03. The fourth-order valence-electron chi connectivity index (χ4n) is 2.80. The predicted octanol–water partition coefficient (Wildman–Crippen LogP) is 3.22. The highest BCUT2D eigenvalue weighted by atomic mass is 28.5. The van der Waals surface area contributed by atoms with Gasteiger partial charge in [-0.3, -0.25) is 0 Å². The van der Waals surface area contributed by atoms with Crippen molar-refractivity contribution in [2.24, 2.45) is 5.92 Å². The normalized spacial score (nSPS) is 35.1. The average molecular weight is 293 g/mol. The van der Waals surface area contributed by atoms with E-state index in [0.29, 0.717) is 5.92 Å². The van der Waals surface area contributed by atoms with Gasteiger partial charge < -0.3 is 12.7 Å². The minimum Gasteiger partial charge on any atom is -0.436 e. The molecular formula is C11H28O3Si3. The minimum absolute atomic E-state index is 0.716. The summed E-state index contributed by atoms with van der Waals surface area (Å²) in [5.41, 5.74) is 0. The maximum Gasteiger partial charge on any atom is 0.312 e. The first-order valence-corrected chi connectivity index (χ1v) is 14.5. The molecule has 1 aliphatic rings. The lowest BCUT2D eigenvalue weighted by molar-refractivity contribution is 0.260. The Kier molecular flexibility index (Phi) is 5.61. The van der Waals surface area contributed by atoms with Gasteiger partial charge >= 0.3 is 17.8 Å². The Morgan fingerprint density at radius 3 is 2.47 bits per heavy atom. The predicted molar refractivity (Wildman–Crippen MR) is 79.3 cm³/mol. The molecule has 2 atom stereocenters. The van der Waals surface area contributed by atoms with Crippen molar-refractivity contribution in [2.75, 3.05) is 6.61 Å². The summed E-state index contributed by atoms with van der Waals surface area (Å²) in [4.78, 5) is 0. The van der Waals surface area contributed by atoms with E-state index in [0.717, 1.165) is 13.0 Å². The summed E-state index contributed by atoms with van der Waals surface area (Å²) in [5.74, 6) is 0.716. The molecule has 0 saturated carbocycles. The second-order valence-corrected chi connectivity index (χ2v) is 16.0. The maximum atomic E-state index is 6.54. The number of hydrogen-bond acceptors (Lipinski definition) is 3. The molecule has 0 amide bonds. The quantitative estimate of drug-likeness (QED) is 0.731. The lowest BCUT2D eigenvalue weighted by Gasteiger charge is -2.36. The molecule has 102 valence electrons. The third-order valence-corrected chi connectivity index (χ3v) is 14.3. The van der Waals surface area contributed by atoms with Crippen molar-refractivity contribution >= 4 is 26.2 Å². The van der Waals surface area contributed by atoms with Crippen LogP contribution < -0.4 is 0 Å². The van der Waals surface area contributed by atoms with Gasteiger partial charge in [0.25, 0.3) is 0 Å². The molecule has 0 aromatic rings. The van der Waals surface area contributed by atoms with Gasteiger partial charge in [0.05, 0.1) is 0 Å². The van der Waals surface area contributed by atoms with Crippen molar-refractivity contribution in [2.45, 2.75) is 58.5 Å². The van der Waals surface area contributed by atoms with Crippen LogP contribution in [0.3, 0.4) is 0 Å². The van der Waals surface area contributed by atoms with E-state index in [1.165, 1.54) is 12.1 Å². The van der Waals surface area contributed by atoms with Crippen LogP contribution in [0.4, 0.5) is 0 Å². The summed E-state index contributed by atoms with van der Waals surface area (Å²) in [6, 6.07) is 2.45. The molecule has 0 bridgehead atoms. The SMILES string of the molecule is CC(C)C[Si]1(C)CCCO[SiH](C)O[Si](C)(C)O1. The van der Waals surface area contributed by atoms with Gasteiger partial charge in [0.1, 0.15) is 0 Å². The molecule has 1 aliphatic heterocycles. The fraction of sp³-hybridized carbons (Fsp3) is 1.00. The zero-order valence-electron chi connectivity index (χ0n) is 12.2. The van der Waals surface area contributed by atoms with Gasteiger partial charge in [-0.2, -0.15) is 0 Å². The Balaban J connectivity index is 2.76. The number of hydrogen-bond donors (Lipinski definition) is 0. The molecule has 6 heteroatoms. The largest absolute Gasteiger partial charge is 0.436 e. The topological polar surface area (TPSA) is 27.7 Å². The molecule has 3 nitrogen and oxygen atoms in total. The van der Waals surface area contributed by atoms with Gasteiger partial charge in [-0.25, -0.2) is 0 Å². The minimum atomic E-state index is -1.97. The van der Waals surface area contributed by atoms with E-state index in [1.807, 2.05) is 0 Å². The van der Waals surface area contributed by atoms with Gasteiger partial charge in [0.2, 0.25) is 0 Å². The van der Waals surface area contributed by atoms with Crippen molar-refractivity contribution in [3.63, 3.8) is 0 Å². The standard InChI is InChI=1S/C11H28O3Si3/c1-11(2)10-17(6)9-7-8-12-15(3)13-16(4,5)14-17/h11,15H,7-10H2,1-6H3. The van der Waals surface area contributed by atoms with Crippen LogP contribution in [0.1, 0.15) is 20.3 Å². The van der Waals surface area contributed by atoms with Gasteiger partial charge in [-0.05, 0) is 50.6 Å². The third kappa shape index (κ3) is 5.80. The highest BCUT2D eigenvalue weighted by molar-refractivity contribution is 6.84. The molecule has 0 aromatic heterocycles. The summed E-state index contributed by atoms with van der Waals surface area (Å²) >= 11 is 0. The van der Waals surface area contributed by atoms with E-state index in [2.05, 4.69) is 40.0 Å². The van der Waals surface area contributed by atoms with Gasteiger partial charge in [-0.1, -0.05) is 13.8 Å². The molecule has 0 aliphatic carbocycles. The zero-order chi connectivity index (χ0) is 13.1. The van der Waals surface area contributed by atoms with Crippen LogP contribution in [-0.4, -0.2) is 32.8 Å². The Morgan fingerprint density at radius 1 is 1.24 bits per heavy atom. The molecule has 2 unspecified atom stereocenters. The fourth-order valence-corrected chi connectivity index (χ4v) is 15.7. The van der Waals surface area contributed by atoms with Crippen LogP contribution in [0.15, 0.2) is 0 Å². The van der Waals surface area contributed by atoms with E-state index in [4.69, 9.17) is 12.7 Å². The molecule has 1 fully saturated rings.